The quantitative estimate of drug-likeness (QED) is 0.888. The summed E-state index contributed by atoms with van der Waals surface area (Å²) in [5, 5.41) is 2.91. The molecule has 20 heavy (non-hydrogen) atoms. The van der Waals surface area contributed by atoms with E-state index in [0.29, 0.717) is 19.0 Å². The van der Waals surface area contributed by atoms with Gasteiger partial charge in [-0.15, -0.1) is 0 Å². The molecule has 1 aromatic carbocycles. The van der Waals surface area contributed by atoms with E-state index in [1.807, 2.05) is 29.2 Å². The summed E-state index contributed by atoms with van der Waals surface area (Å²) in [4.78, 5) is 14.0. The standard InChI is InChI=1S/C15H23N3O2/c1-11-7-8-18(10-14(11)20-2)15(19)17-13-5-3-12(9-16)4-6-13/h3-6,11,14H,7-10,16H2,1-2H3,(H,17,19). The first-order chi connectivity index (χ1) is 9.63. The molecule has 5 nitrogen and oxygen atoms in total. The summed E-state index contributed by atoms with van der Waals surface area (Å²) in [6, 6.07) is 7.53. The largest absolute Gasteiger partial charge is 0.379 e. The lowest BCUT2D eigenvalue weighted by Gasteiger charge is -2.36. The molecule has 110 valence electrons. The SMILES string of the molecule is COC1CN(C(=O)Nc2ccc(CN)cc2)CCC1C. The van der Waals surface area contributed by atoms with Crippen molar-refractivity contribution in [2.75, 3.05) is 25.5 Å². The predicted molar refractivity (Wildman–Crippen MR) is 79.5 cm³/mol. The fourth-order valence-corrected chi connectivity index (χ4v) is 2.45. The zero-order valence-electron chi connectivity index (χ0n) is 12.1. The average molecular weight is 277 g/mol. The Balaban J connectivity index is 1.94. The third kappa shape index (κ3) is 3.49. The summed E-state index contributed by atoms with van der Waals surface area (Å²) in [5.74, 6) is 0.493. The molecule has 2 atom stereocenters. The van der Waals surface area contributed by atoms with Gasteiger partial charge < -0.3 is 20.7 Å². The molecule has 3 N–H and O–H groups in total. The maximum absolute atomic E-state index is 12.2. The Morgan fingerprint density at radius 1 is 1.45 bits per heavy atom. The van der Waals surface area contributed by atoms with Crippen LogP contribution in [0.25, 0.3) is 0 Å². The second-order valence-electron chi connectivity index (χ2n) is 5.32. The predicted octanol–water partition coefficient (Wildman–Crippen LogP) is 2.03. The lowest BCUT2D eigenvalue weighted by atomic mass is 9.96. The number of ether oxygens (including phenoxy) is 1. The van der Waals surface area contributed by atoms with Crippen LogP contribution in [0.3, 0.4) is 0 Å². The topological polar surface area (TPSA) is 67.6 Å². The Morgan fingerprint density at radius 3 is 2.75 bits per heavy atom. The van der Waals surface area contributed by atoms with Crippen molar-refractivity contribution in [3.05, 3.63) is 29.8 Å². The third-order valence-electron chi connectivity index (χ3n) is 3.92. The van der Waals surface area contributed by atoms with Crippen molar-refractivity contribution < 1.29 is 9.53 Å². The Morgan fingerprint density at radius 2 is 2.15 bits per heavy atom. The van der Waals surface area contributed by atoms with E-state index in [1.54, 1.807) is 7.11 Å². The van der Waals surface area contributed by atoms with Crippen LogP contribution < -0.4 is 11.1 Å². The van der Waals surface area contributed by atoms with Crippen LogP contribution in [0, 0.1) is 5.92 Å². The number of nitrogens with two attached hydrogens (primary N) is 1. The van der Waals surface area contributed by atoms with Gasteiger partial charge in [0.2, 0.25) is 0 Å². The number of methoxy groups -OCH3 is 1. The summed E-state index contributed by atoms with van der Waals surface area (Å²) in [6.45, 7) is 4.08. The van der Waals surface area contributed by atoms with Crippen LogP contribution in [0.4, 0.5) is 10.5 Å². The number of carbonyl (C=O) groups excluding carboxylic acids is 1. The molecular weight excluding hydrogens is 254 g/mol. The van der Waals surface area contributed by atoms with E-state index >= 15 is 0 Å². The number of hydrogen-bond acceptors (Lipinski definition) is 3. The van der Waals surface area contributed by atoms with Gasteiger partial charge in [0.25, 0.3) is 0 Å². The van der Waals surface area contributed by atoms with Gasteiger partial charge in [-0.2, -0.15) is 0 Å². The zero-order chi connectivity index (χ0) is 14.5. The highest BCUT2D eigenvalue weighted by molar-refractivity contribution is 5.89. The highest BCUT2D eigenvalue weighted by atomic mass is 16.5. The molecule has 0 spiro atoms. The van der Waals surface area contributed by atoms with Crippen LogP contribution in [0.2, 0.25) is 0 Å². The summed E-state index contributed by atoms with van der Waals surface area (Å²) >= 11 is 0. The Hall–Kier alpha value is -1.59. The number of piperidine rings is 1. The van der Waals surface area contributed by atoms with Crippen molar-refractivity contribution >= 4 is 11.7 Å². The lowest BCUT2D eigenvalue weighted by molar-refractivity contribution is 0.00896. The molecule has 5 heteroatoms. The number of nitrogens with zero attached hydrogens (tertiary/aromatic N) is 1. The van der Waals surface area contributed by atoms with E-state index in [9.17, 15) is 4.79 Å². The van der Waals surface area contributed by atoms with Crippen LogP contribution in [0.15, 0.2) is 24.3 Å². The molecule has 1 aliphatic heterocycles. The molecule has 1 heterocycles. The molecule has 2 rings (SSSR count). The maximum atomic E-state index is 12.2. The van der Waals surface area contributed by atoms with Gasteiger partial charge in [0, 0.05) is 32.4 Å². The van der Waals surface area contributed by atoms with Gasteiger partial charge in [0.15, 0.2) is 0 Å². The van der Waals surface area contributed by atoms with Gasteiger partial charge in [-0.25, -0.2) is 4.79 Å². The molecule has 2 amide bonds. The van der Waals surface area contributed by atoms with Crippen LogP contribution >= 0.6 is 0 Å². The van der Waals surface area contributed by atoms with E-state index < -0.39 is 0 Å². The first kappa shape index (κ1) is 14.8. The van der Waals surface area contributed by atoms with Gasteiger partial charge in [-0.1, -0.05) is 19.1 Å². The fraction of sp³-hybridized carbons (Fsp3) is 0.533. The number of anilines is 1. The molecule has 0 radical (unpaired) electrons. The number of nitrogens with one attached hydrogen (secondary N) is 1. The molecule has 1 aromatic rings. The summed E-state index contributed by atoms with van der Waals surface area (Å²) < 4.78 is 5.43. The van der Waals surface area contributed by atoms with Crippen LogP contribution in [0.1, 0.15) is 18.9 Å². The van der Waals surface area contributed by atoms with Crippen molar-refractivity contribution in [2.45, 2.75) is 26.0 Å². The van der Waals surface area contributed by atoms with Crippen molar-refractivity contribution in [1.82, 2.24) is 4.90 Å². The first-order valence-corrected chi connectivity index (χ1v) is 7.01. The van der Waals surface area contributed by atoms with Crippen molar-refractivity contribution in [3.8, 4) is 0 Å². The number of likely N-dealkylation sites (tertiary alicyclic amines) is 1. The van der Waals surface area contributed by atoms with E-state index in [2.05, 4.69) is 12.2 Å². The minimum Gasteiger partial charge on any atom is -0.379 e. The minimum absolute atomic E-state index is 0.0700. The van der Waals surface area contributed by atoms with Gasteiger partial charge in [0.1, 0.15) is 0 Å². The average Bonchev–Trinajstić information content (AvgIpc) is 2.48. The van der Waals surface area contributed by atoms with Crippen molar-refractivity contribution in [3.63, 3.8) is 0 Å². The van der Waals surface area contributed by atoms with Gasteiger partial charge in [-0.05, 0) is 30.0 Å². The Labute approximate surface area is 120 Å². The number of hydrogen-bond donors (Lipinski definition) is 2. The Bertz CT molecular complexity index is 447. The van der Waals surface area contributed by atoms with E-state index in [-0.39, 0.29) is 12.1 Å². The third-order valence-corrected chi connectivity index (χ3v) is 3.92. The van der Waals surface area contributed by atoms with Crippen molar-refractivity contribution in [2.24, 2.45) is 11.7 Å². The van der Waals surface area contributed by atoms with Crippen molar-refractivity contribution in [1.29, 1.82) is 0 Å². The zero-order valence-corrected chi connectivity index (χ0v) is 12.1. The normalized spacial score (nSPS) is 22.6. The highest BCUT2D eigenvalue weighted by Gasteiger charge is 2.28. The molecule has 0 aromatic heterocycles. The molecule has 1 fully saturated rings. The lowest BCUT2D eigenvalue weighted by Crippen LogP contribution is -2.48. The minimum atomic E-state index is -0.0700. The number of rotatable bonds is 3. The summed E-state index contributed by atoms with van der Waals surface area (Å²) in [6.07, 6.45) is 1.09. The van der Waals surface area contributed by atoms with Gasteiger partial charge in [-0.3, -0.25) is 0 Å². The Kier molecular flexibility index (Phi) is 4.98. The molecular formula is C15H23N3O2. The second-order valence-corrected chi connectivity index (χ2v) is 5.32. The first-order valence-electron chi connectivity index (χ1n) is 7.01. The van der Waals surface area contributed by atoms with E-state index in [4.69, 9.17) is 10.5 Å². The maximum Gasteiger partial charge on any atom is 0.321 e. The molecule has 1 aliphatic rings. The molecule has 0 aliphatic carbocycles. The summed E-state index contributed by atoms with van der Waals surface area (Å²) in [5.41, 5.74) is 7.39. The van der Waals surface area contributed by atoms with Crippen LogP contribution in [0.5, 0.6) is 0 Å². The van der Waals surface area contributed by atoms with Gasteiger partial charge in [0.05, 0.1) is 6.10 Å². The number of amides is 2. The van der Waals surface area contributed by atoms with E-state index in [1.165, 1.54) is 0 Å². The molecule has 0 bridgehead atoms. The fourth-order valence-electron chi connectivity index (χ4n) is 2.45. The van der Waals surface area contributed by atoms with Crippen LogP contribution in [-0.2, 0) is 11.3 Å². The van der Waals surface area contributed by atoms with E-state index in [0.717, 1.165) is 24.2 Å². The smallest absolute Gasteiger partial charge is 0.321 e. The highest BCUT2D eigenvalue weighted by Crippen LogP contribution is 2.20. The summed E-state index contributed by atoms with van der Waals surface area (Å²) in [7, 11) is 1.70. The molecule has 1 saturated heterocycles. The van der Waals surface area contributed by atoms with Crippen LogP contribution in [-0.4, -0.2) is 37.2 Å². The number of urea groups is 1. The molecule has 2 unspecified atom stereocenters. The monoisotopic (exact) mass is 277 g/mol. The number of benzene rings is 1. The molecule has 0 saturated carbocycles. The van der Waals surface area contributed by atoms with Gasteiger partial charge >= 0.3 is 6.03 Å². The number of carbonyl (C=O) groups is 1. The second kappa shape index (κ2) is 6.72.